The molecule has 1 heterocycles. The molecule has 2 rings (SSSR count). The first-order valence-corrected chi connectivity index (χ1v) is 5.18. The molecule has 0 spiro atoms. The maximum Gasteiger partial charge on any atom is 0.240 e. The van der Waals surface area contributed by atoms with Crippen LogP contribution in [0.5, 0.6) is 0 Å². The van der Waals surface area contributed by atoms with E-state index in [0.717, 1.165) is 0 Å². The van der Waals surface area contributed by atoms with Crippen LogP contribution in [0.15, 0.2) is 36.7 Å². The number of amides is 1. The van der Waals surface area contributed by atoms with E-state index in [1.54, 1.807) is 35.9 Å². The van der Waals surface area contributed by atoms with Gasteiger partial charge in [0.05, 0.1) is 5.56 Å². The third-order valence-corrected chi connectivity index (χ3v) is 2.61. The minimum absolute atomic E-state index is 0.352. The molecule has 4 nitrogen and oxygen atoms in total. The lowest BCUT2D eigenvalue weighted by atomic mass is 10.2. The van der Waals surface area contributed by atoms with Gasteiger partial charge >= 0.3 is 0 Å². The fourth-order valence-corrected chi connectivity index (χ4v) is 1.61. The Hall–Kier alpha value is -2.17. The van der Waals surface area contributed by atoms with Crippen LogP contribution in [0.2, 0.25) is 0 Å². The summed E-state index contributed by atoms with van der Waals surface area (Å²) in [5.41, 5.74) is 5.58. The van der Waals surface area contributed by atoms with E-state index in [4.69, 9.17) is 5.73 Å². The molecular weight excluding hydrogens is 221 g/mol. The topological polar surface area (TPSA) is 60.9 Å². The molecule has 0 saturated carbocycles. The van der Waals surface area contributed by atoms with Gasteiger partial charge in [0.15, 0.2) is 0 Å². The Balaban J connectivity index is 2.51. The summed E-state index contributed by atoms with van der Waals surface area (Å²) in [7, 11) is 0. The maximum atomic E-state index is 13.6. The largest absolute Gasteiger partial charge is 0.368 e. The minimum atomic E-state index is -0.563. The van der Waals surface area contributed by atoms with Gasteiger partial charge in [-0.15, -0.1) is 0 Å². The molecule has 1 unspecified atom stereocenters. The monoisotopic (exact) mass is 233 g/mol. The standard InChI is InChI=1S/C12H12FN3O/c1-8(11(14)17)16-7-6-15-12(16)9-4-2-3-5-10(9)13/h2-8H,1H3,(H2,14,17). The summed E-state index contributed by atoms with van der Waals surface area (Å²) in [6, 6.07) is 5.72. The number of primary amides is 1. The van der Waals surface area contributed by atoms with E-state index in [1.807, 2.05) is 0 Å². The van der Waals surface area contributed by atoms with Gasteiger partial charge in [0.1, 0.15) is 17.7 Å². The van der Waals surface area contributed by atoms with E-state index < -0.39 is 11.9 Å². The molecular formula is C12H12FN3O. The average molecular weight is 233 g/mol. The molecule has 2 aromatic rings. The normalized spacial score (nSPS) is 12.4. The van der Waals surface area contributed by atoms with Crippen LogP contribution in [0, 0.1) is 5.82 Å². The van der Waals surface area contributed by atoms with E-state index in [0.29, 0.717) is 11.4 Å². The van der Waals surface area contributed by atoms with Gasteiger partial charge in [-0.1, -0.05) is 12.1 Å². The van der Waals surface area contributed by atoms with Gasteiger partial charge in [-0.25, -0.2) is 9.37 Å². The predicted octanol–water partition coefficient (Wildman–Crippen LogP) is 1.74. The lowest BCUT2D eigenvalue weighted by molar-refractivity contribution is -0.120. The smallest absolute Gasteiger partial charge is 0.240 e. The van der Waals surface area contributed by atoms with Crippen molar-refractivity contribution < 1.29 is 9.18 Å². The molecule has 1 atom stereocenters. The Morgan fingerprint density at radius 1 is 1.47 bits per heavy atom. The quantitative estimate of drug-likeness (QED) is 0.877. The van der Waals surface area contributed by atoms with E-state index >= 15 is 0 Å². The number of hydrogen-bond acceptors (Lipinski definition) is 2. The molecule has 1 aromatic heterocycles. The first kappa shape index (κ1) is 11.3. The zero-order chi connectivity index (χ0) is 12.4. The molecule has 0 saturated heterocycles. The number of benzene rings is 1. The first-order valence-electron chi connectivity index (χ1n) is 5.18. The van der Waals surface area contributed by atoms with Crippen molar-refractivity contribution in [3.63, 3.8) is 0 Å². The van der Waals surface area contributed by atoms with Crippen molar-refractivity contribution in [1.82, 2.24) is 9.55 Å². The summed E-state index contributed by atoms with van der Waals surface area (Å²) in [5.74, 6) is -0.466. The van der Waals surface area contributed by atoms with Gasteiger partial charge in [0, 0.05) is 12.4 Å². The van der Waals surface area contributed by atoms with Crippen molar-refractivity contribution in [3.05, 3.63) is 42.5 Å². The van der Waals surface area contributed by atoms with Crippen LogP contribution in [0.3, 0.4) is 0 Å². The van der Waals surface area contributed by atoms with Crippen LogP contribution in [0.4, 0.5) is 4.39 Å². The van der Waals surface area contributed by atoms with Gasteiger partial charge in [-0.3, -0.25) is 4.79 Å². The highest BCUT2D eigenvalue weighted by Gasteiger charge is 2.17. The van der Waals surface area contributed by atoms with Crippen molar-refractivity contribution in [2.75, 3.05) is 0 Å². The SMILES string of the molecule is CC(C(N)=O)n1ccnc1-c1ccccc1F. The average Bonchev–Trinajstić information content (AvgIpc) is 2.77. The molecule has 17 heavy (non-hydrogen) atoms. The van der Waals surface area contributed by atoms with E-state index in [2.05, 4.69) is 4.98 Å². The van der Waals surface area contributed by atoms with Gasteiger partial charge < -0.3 is 10.3 Å². The van der Waals surface area contributed by atoms with Gasteiger partial charge in [0.25, 0.3) is 0 Å². The highest BCUT2D eigenvalue weighted by atomic mass is 19.1. The number of halogens is 1. The molecule has 0 radical (unpaired) electrons. The number of aromatic nitrogens is 2. The third kappa shape index (κ3) is 2.04. The van der Waals surface area contributed by atoms with Crippen LogP contribution < -0.4 is 5.73 Å². The molecule has 0 aliphatic carbocycles. The number of nitrogens with two attached hydrogens (primary N) is 1. The Morgan fingerprint density at radius 3 is 2.82 bits per heavy atom. The summed E-state index contributed by atoms with van der Waals surface area (Å²) in [6.45, 7) is 1.65. The molecule has 1 aromatic carbocycles. The van der Waals surface area contributed by atoms with Gasteiger partial charge in [-0.2, -0.15) is 0 Å². The van der Waals surface area contributed by atoms with Crippen LogP contribution in [0.1, 0.15) is 13.0 Å². The van der Waals surface area contributed by atoms with Crippen molar-refractivity contribution in [2.24, 2.45) is 5.73 Å². The number of imidazole rings is 1. The number of carbonyl (C=O) groups is 1. The van der Waals surface area contributed by atoms with Crippen LogP contribution in [-0.2, 0) is 4.79 Å². The molecule has 5 heteroatoms. The van der Waals surface area contributed by atoms with Crippen LogP contribution in [-0.4, -0.2) is 15.5 Å². The molecule has 2 N–H and O–H groups in total. The lowest BCUT2D eigenvalue weighted by Crippen LogP contribution is -2.24. The fraction of sp³-hybridized carbons (Fsp3) is 0.167. The van der Waals surface area contributed by atoms with Crippen LogP contribution in [0.25, 0.3) is 11.4 Å². The van der Waals surface area contributed by atoms with E-state index in [9.17, 15) is 9.18 Å². The Morgan fingerprint density at radius 2 is 2.18 bits per heavy atom. The van der Waals surface area contributed by atoms with E-state index in [-0.39, 0.29) is 5.82 Å². The fourth-order valence-electron chi connectivity index (χ4n) is 1.61. The zero-order valence-corrected chi connectivity index (χ0v) is 9.30. The first-order chi connectivity index (χ1) is 8.11. The van der Waals surface area contributed by atoms with Crippen molar-refractivity contribution in [3.8, 4) is 11.4 Å². The Bertz CT molecular complexity index is 550. The molecule has 0 aliphatic rings. The second-order valence-corrected chi connectivity index (χ2v) is 3.72. The maximum absolute atomic E-state index is 13.6. The van der Waals surface area contributed by atoms with Crippen molar-refractivity contribution in [2.45, 2.75) is 13.0 Å². The predicted molar refractivity (Wildman–Crippen MR) is 61.5 cm³/mol. The summed E-state index contributed by atoms with van der Waals surface area (Å²) >= 11 is 0. The number of carbonyl (C=O) groups excluding carboxylic acids is 1. The van der Waals surface area contributed by atoms with E-state index in [1.165, 1.54) is 12.3 Å². The molecule has 88 valence electrons. The molecule has 1 amide bonds. The number of hydrogen-bond donors (Lipinski definition) is 1. The molecule has 0 bridgehead atoms. The summed E-state index contributed by atoms with van der Waals surface area (Å²) < 4.78 is 15.2. The van der Waals surface area contributed by atoms with Crippen molar-refractivity contribution in [1.29, 1.82) is 0 Å². The summed E-state index contributed by atoms with van der Waals surface area (Å²) in [5, 5.41) is 0. The molecule has 0 fully saturated rings. The third-order valence-electron chi connectivity index (χ3n) is 2.61. The number of nitrogens with zero attached hydrogens (tertiary/aromatic N) is 2. The van der Waals surface area contributed by atoms with Crippen molar-refractivity contribution >= 4 is 5.91 Å². The second-order valence-electron chi connectivity index (χ2n) is 3.72. The Labute approximate surface area is 97.9 Å². The highest BCUT2D eigenvalue weighted by Crippen LogP contribution is 2.23. The summed E-state index contributed by atoms with van der Waals surface area (Å²) in [6.07, 6.45) is 3.12. The Kier molecular flexibility index (Phi) is 2.91. The second kappa shape index (κ2) is 4.37. The highest BCUT2D eigenvalue weighted by molar-refractivity contribution is 5.78. The zero-order valence-electron chi connectivity index (χ0n) is 9.30. The minimum Gasteiger partial charge on any atom is -0.368 e. The number of rotatable bonds is 3. The lowest BCUT2D eigenvalue weighted by Gasteiger charge is -2.13. The van der Waals surface area contributed by atoms with Crippen LogP contribution >= 0.6 is 0 Å². The van der Waals surface area contributed by atoms with Gasteiger partial charge in [0.2, 0.25) is 5.91 Å². The molecule has 0 aliphatic heterocycles. The van der Waals surface area contributed by atoms with Gasteiger partial charge in [-0.05, 0) is 19.1 Å². The summed E-state index contributed by atoms with van der Waals surface area (Å²) in [4.78, 5) is 15.2.